The van der Waals surface area contributed by atoms with Crippen LogP contribution >= 0.6 is 0 Å². The van der Waals surface area contributed by atoms with Crippen molar-refractivity contribution in [1.82, 2.24) is 20.3 Å². The zero-order valence-electron chi connectivity index (χ0n) is 9.58. The molecule has 1 aliphatic heterocycles. The lowest BCUT2D eigenvalue weighted by Gasteiger charge is -1.91. The first-order valence-electron chi connectivity index (χ1n) is 5.41. The second-order valence-corrected chi connectivity index (χ2v) is 3.39. The molecule has 0 atom stereocenters. The predicted octanol–water partition coefficient (Wildman–Crippen LogP) is 1.49. The predicted molar refractivity (Wildman–Crippen MR) is 70.7 cm³/mol. The zero-order chi connectivity index (χ0) is 12.6. The number of fused-ring (bicyclic) bond motifs is 1. The van der Waals surface area contributed by atoms with E-state index in [0.717, 1.165) is 0 Å². The Morgan fingerprint density at radius 2 is 1.78 bits per heavy atom. The molecule has 2 aromatic heterocycles. The van der Waals surface area contributed by atoms with Gasteiger partial charge in [-0.05, 0) is 24.3 Å². The molecule has 0 radical (unpaired) electrons. The van der Waals surface area contributed by atoms with Gasteiger partial charge in [-0.2, -0.15) is 4.98 Å². The fourth-order valence-electron chi connectivity index (χ4n) is 1.30. The first-order chi connectivity index (χ1) is 8.86. The molecule has 18 heavy (non-hydrogen) atoms. The Balaban J connectivity index is 0.000000149. The maximum absolute atomic E-state index is 10.7. The Morgan fingerprint density at radius 3 is 2.56 bits per heavy atom. The maximum Gasteiger partial charge on any atom is 0.345 e. The van der Waals surface area contributed by atoms with Crippen LogP contribution in [0.2, 0.25) is 0 Å². The molecule has 3 heterocycles. The Kier molecular flexibility index (Phi) is 4.02. The average Bonchev–Trinajstić information content (AvgIpc) is 2.71. The summed E-state index contributed by atoms with van der Waals surface area (Å²) < 4.78 is 0. The molecule has 1 aliphatic rings. The molecule has 0 amide bonds. The van der Waals surface area contributed by atoms with Gasteiger partial charge >= 0.3 is 5.69 Å². The van der Waals surface area contributed by atoms with Crippen LogP contribution in [-0.2, 0) is 0 Å². The van der Waals surface area contributed by atoms with Gasteiger partial charge in [-0.1, -0.05) is 12.2 Å². The summed E-state index contributed by atoms with van der Waals surface area (Å²) in [6, 6.07) is 3.55. The van der Waals surface area contributed by atoms with Crippen molar-refractivity contribution in [2.75, 3.05) is 0 Å². The summed E-state index contributed by atoms with van der Waals surface area (Å²) in [6.07, 6.45) is 14.7. The summed E-state index contributed by atoms with van der Waals surface area (Å²) in [6.45, 7) is 0. The highest BCUT2D eigenvalue weighted by Crippen LogP contribution is 2.00. The van der Waals surface area contributed by atoms with E-state index >= 15 is 0 Å². The average molecular weight is 240 g/mol. The van der Waals surface area contributed by atoms with Gasteiger partial charge in [0, 0.05) is 18.6 Å². The van der Waals surface area contributed by atoms with Crippen molar-refractivity contribution < 1.29 is 0 Å². The van der Waals surface area contributed by atoms with E-state index in [1.165, 1.54) is 6.20 Å². The van der Waals surface area contributed by atoms with Crippen molar-refractivity contribution in [2.24, 2.45) is 0 Å². The molecule has 0 saturated carbocycles. The normalized spacial score (nSPS) is 12.4. The van der Waals surface area contributed by atoms with E-state index < -0.39 is 0 Å². The Labute approximate surface area is 104 Å². The lowest BCUT2D eigenvalue weighted by molar-refractivity contribution is 1.11. The monoisotopic (exact) mass is 240 g/mol. The van der Waals surface area contributed by atoms with Crippen LogP contribution in [0.4, 0.5) is 0 Å². The first-order valence-corrected chi connectivity index (χ1v) is 5.41. The van der Waals surface area contributed by atoms with Gasteiger partial charge in [0.05, 0.1) is 11.7 Å². The molecule has 3 rings (SSSR count). The van der Waals surface area contributed by atoms with Crippen LogP contribution in [0.25, 0.3) is 11.0 Å². The summed E-state index contributed by atoms with van der Waals surface area (Å²) in [7, 11) is 0. The molecular formula is C13H12N4O. The smallest absolute Gasteiger partial charge is 0.345 e. The molecule has 0 aliphatic carbocycles. The SMILES string of the molecule is C1=CC=CNC=C1.O=c1ncc2ncccc2[nH]1. The van der Waals surface area contributed by atoms with E-state index in [9.17, 15) is 4.79 Å². The maximum atomic E-state index is 10.7. The molecule has 2 N–H and O–H groups in total. The standard InChI is InChI=1S/C7H5N3O.C6H7N/c11-7-9-4-6-5(10-7)2-1-3-8-6;1-2-4-6-7-5-3-1/h1-4H,(H,9,10,11);1-7H. The highest BCUT2D eigenvalue weighted by atomic mass is 16.1. The van der Waals surface area contributed by atoms with E-state index in [-0.39, 0.29) is 5.69 Å². The number of nitrogens with one attached hydrogen (secondary N) is 2. The fraction of sp³-hybridized carbons (Fsp3) is 0. The molecule has 0 aromatic carbocycles. The number of H-pyrrole nitrogens is 1. The van der Waals surface area contributed by atoms with Crippen molar-refractivity contribution in [3.8, 4) is 0 Å². The van der Waals surface area contributed by atoms with Crippen molar-refractivity contribution in [1.29, 1.82) is 0 Å². The second kappa shape index (κ2) is 6.15. The number of aromatic amines is 1. The van der Waals surface area contributed by atoms with Crippen LogP contribution in [-0.4, -0.2) is 15.0 Å². The first kappa shape index (κ1) is 11.8. The topological polar surface area (TPSA) is 70.7 Å². The van der Waals surface area contributed by atoms with Gasteiger partial charge < -0.3 is 10.3 Å². The van der Waals surface area contributed by atoms with Gasteiger partial charge in [-0.15, -0.1) is 0 Å². The molecule has 0 unspecified atom stereocenters. The van der Waals surface area contributed by atoms with Crippen molar-refractivity contribution in [3.05, 3.63) is 71.7 Å². The van der Waals surface area contributed by atoms with Crippen LogP contribution in [0.1, 0.15) is 0 Å². The van der Waals surface area contributed by atoms with Gasteiger partial charge in [-0.3, -0.25) is 4.98 Å². The molecule has 0 bridgehead atoms. The number of allylic oxidation sites excluding steroid dienone is 4. The summed E-state index contributed by atoms with van der Waals surface area (Å²) in [4.78, 5) is 20.8. The van der Waals surface area contributed by atoms with Crippen LogP contribution in [0.15, 0.2) is 66.0 Å². The number of nitrogens with zero attached hydrogens (tertiary/aromatic N) is 2. The molecule has 5 heteroatoms. The van der Waals surface area contributed by atoms with Crippen LogP contribution < -0.4 is 11.0 Å². The highest BCUT2D eigenvalue weighted by molar-refractivity contribution is 5.71. The highest BCUT2D eigenvalue weighted by Gasteiger charge is 1.91. The zero-order valence-corrected chi connectivity index (χ0v) is 9.58. The van der Waals surface area contributed by atoms with Gasteiger partial charge in [0.1, 0.15) is 5.52 Å². The number of hydrogen-bond donors (Lipinski definition) is 2. The summed E-state index contributed by atoms with van der Waals surface area (Å²) in [5, 5.41) is 2.92. The Hall–Kier alpha value is -2.69. The van der Waals surface area contributed by atoms with E-state index in [4.69, 9.17) is 0 Å². The summed E-state index contributed by atoms with van der Waals surface area (Å²) in [5.41, 5.74) is 1.07. The van der Waals surface area contributed by atoms with Crippen LogP contribution in [0.3, 0.4) is 0 Å². The second-order valence-electron chi connectivity index (χ2n) is 3.39. The molecule has 0 saturated heterocycles. The third-order valence-electron chi connectivity index (χ3n) is 2.10. The van der Waals surface area contributed by atoms with Crippen LogP contribution in [0.5, 0.6) is 0 Å². The minimum Gasteiger partial charge on any atom is -0.368 e. The molecular weight excluding hydrogens is 228 g/mol. The van der Waals surface area contributed by atoms with E-state index in [1.54, 1.807) is 18.3 Å². The quantitative estimate of drug-likeness (QED) is 0.732. The number of rotatable bonds is 0. The third kappa shape index (κ3) is 3.41. The van der Waals surface area contributed by atoms with Crippen molar-refractivity contribution in [3.63, 3.8) is 0 Å². The fourth-order valence-corrected chi connectivity index (χ4v) is 1.30. The number of hydrogen-bond acceptors (Lipinski definition) is 4. The van der Waals surface area contributed by atoms with E-state index in [0.29, 0.717) is 11.0 Å². The third-order valence-corrected chi connectivity index (χ3v) is 2.10. The molecule has 2 aromatic rings. The van der Waals surface area contributed by atoms with Crippen LogP contribution in [0, 0.1) is 0 Å². The number of aromatic nitrogens is 3. The van der Waals surface area contributed by atoms with Gasteiger partial charge in [0.2, 0.25) is 0 Å². The van der Waals surface area contributed by atoms with Gasteiger partial charge in [0.25, 0.3) is 0 Å². The Morgan fingerprint density at radius 1 is 1.00 bits per heavy atom. The minimum atomic E-state index is -0.342. The van der Waals surface area contributed by atoms with E-state index in [1.807, 2.05) is 36.7 Å². The largest absolute Gasteiger partial charge is 0.368 e. The molecule has 5 nitrogen and oxygen atoms in total. The molecule has 0 fully saturated rings. The lowest BCUT2D eigenvalue weighted by atomic mass is 10.4. The Bertz CT molecular complexity index is 641. The summed E-state index contributed by atoms with van der Waals surface area (Å²) in [5.74, 6) is 0. The van der Waals surface area contributed by atoms with Crippen molar-refractivity contribution >= 4 is 11.0 Å². The summed E-state index contributed by atoms with van der Waals surface area (Å²) >= 11 is 0. The number of pyridine rings is 1. The van der Waals surface area contributed by atoms with Gasteiger partial charge in [0.15, 0.2) is 0 Å². The van der Waals surface area contributed by atoms with Crippen molar-refractivity contribution in [2.45, 2.75) is 0 Å². The molecule has 90 valence electrons. The molecule has 0 spiro atoms. The minimum absolute atomic E-state index is 0.342. The lowest BCUT2D eigenvalue weighted by Crippen LogP contribution is -2.08. The van der Waals surface area contributed by atoms with Gasteiger partial charge in [-0.25, -0.2) is 4.79 Å². The van der Waals surface area contributed by atoms with E-state index in [2.05, 4.69) is 20.3 Å².